The van der Waals surface area contributed by atoms with Crippen LogP contribution in [0.5, 0.6) is 0 Å². The Morgan fingerprint density at radius 2 is 1.72 bits per heavy atom. The Kier molecular flexibility index (Phi) is 6.45. The van der Waals surface area contributed by atoms with Gasteiger partial charge in [-0.05, 0) is 51.0 Å². The highest BCUT2D eigenvalue weighted by Gasteiger charge is 2.36. The largest absolute Gasteiger partial charge is 0.340 e. The zero-order valence-electron chi connectivity index (χ0n) is 17.1. The lowest BCUT2D eigenvalue weighted by molar-refractivity contribution is -0.385. The van der Waals surface area contributed by atoms with Gasteiger partial charge >= 0.3 is 0 Å². The predicted octanol–water partition coefficient (Wildman–Crippen LogP) is 2.80. The number of para-hydroxylation sites is 1. The monoisotopic (exact) mass is 400 g/mol. The molecule has 4 rings (SSSR count). The van der Waals surface area contributed by atoms with Gasteiger partial charge in [0.25, 0.3) is 5.69 Å². The maximum absolute atomic E-state index is 12.2. The second kappa shape index (κ2) is 9.22. The molecular formula is C22H32N4O3. The lowest BCUT2D eigenvalue weighted by atomic mass is 9.85. The summed E-state index contributed by atoms with van der Waals surface area (Å²) in [7, 11) is 0. The van der Waals surface area contributed by atoms with Crippen LogP contribution in [-0.2, 0) is 11.3 Å². The summed E-state index contributed by atoms with van der Waals surface area (Å²) < 4.78 is 0. The average Bonchev–Trinajstić information content (AvgIpc) is 3.60. The number of nitro groups is 1. The fourth-order valence-electron chi connectivity index (χ4n) is 4.86. The highest BCUT2D eigenvalue weighted by Crippen LogP contribution is 2.32. The standard InChI is InChI=1S/C22H32N4O3/c27-22(18-7-8-18)25-13-11-24(12-14-25)20-9-5-17(6-10-20)15-23-16-19-3-1-2-4-21(19)26(28)29/h1-4,17-18,20,23H,5-16H2. The van der Waals surface area contributed by atoms with E-state index in [1.165, 1.54) is 25.7 Å². The van der Waals surface area contributed by atoms with Crippen molar-refractivity contribution in [1.29, 1.82) is 0 Å². The SMILES string of the molecule is O=C(C1CC1)N1CCN(C2CCC(CNCc3ccccc3[N+](=O)[O-])CC2)CC1. The number of nitro benzene ring substituents is 1. The minimum Gasteiger partial charge on any atom is -0.340 e. The van der Waals surface area contributed by atoms with Gasteiger partial charge in [0.15, 0.2) is 0 Å². The molecule has 3 aliphatic rings. The van der Waals surface area contributed by atoms with Gasteiger partial charge in [-0.3, -0.25) is 19.8 Å². The molecule has 1 heterocycles. The van der Waals surface area contributed by atoms with Gasteiger partial charge in [0.2, 0.25) is 5.91 Å². The van der Waals surface area contributed by atoms with E-state index in [4.69, 9.17) is 0 Å². The molecule has 0 radical (unpaired) electrons. The minimum atomic E-state index is -0.305. The number of hydrogen-bond acceptors (Lipinski definition) is 5. The zero-order valence-corrected chi connectivity index (χ0v) is 17.1. The normalized spacial score (nSPS) is 25.7. The van der Waals surface area contributed by atoms with E-state index >= 15 is 0 Å². The molecule has 0 aromatic heterocycles. The molecular weight excluding hydrogens is 368 g/mol. The van der Waals surface area contributed by atoms with Gasteiger partial charge in [0.05, 0.1) is 4.92 Å². The summed E-state index contributed by atoms with van der Waals surface area (Å²) in [6, 6.07) is 7.62. The molecule has 0 atom stereocenters. The molecule has 158 valence electrons. The first-order chi connectivity index (χ1) is 14.1. The van der Waals surface area contributed by atoms with Crippen LogP contribution in [0.1, 0.15) is 44.1 Å². The van der Waals surface area contributed by atoms with E-state index in [-0.39, 0.29) is 10.6 Å². The molecule has 1 aromatic rings. The van der Waals surface area contributed by atoms with Crippen LogP contribution in [0, 0.1) is 22.0 Å². The molecule has 29 heavy (non-hydrogen) atoms. The molecule has 2 aliphatic carbocycles. The van der Waals surface area contributed by atoms with Crippen LogP contribution in [0.4, 0.5) is 5.69 Å². The summed E-state index contributed by atoms with van der Waals surface area (Å²) in [5, 5.41) is 14.6. The number of benzene rings is 1. The number of carbonyl (C=O) groups is 1. The van der Waals surface area contributed by atoms with Crippen molar-refractivity contribution in [1.82, 2.24) is 15.1 Å². The smallest absolute Gasteiger partial charge is 0.273 e. The van der Waals surface area contributed by atoms with E-state index < -0.39 is 0 Å². The first-order valence-corrected chi connectivity index (χ1v) is 11.1. The van der Waals surface area contributed by atoms with Crippen LogP contribution in [0.2, 0.25) is 0 Å². The molecule has 7 nitrogen and oxygen atoms in total. The van der Waals surface area contributed by atoms with Gasteiger partial charge < -0.3 is 10.2 Å². The van der Waals surface area contributed by atoms with Crippen LogP contribution in [0.25, 0.3) is 0 Å². The summed E-state index contributed by atoms with van der Waals surface area (Å²) in [6.07, 6.45) is 7.03. The van der Waals surface area contributed by atoms with Crippen molar-refractivity contribution < 1.29 is 9.72 Å². The number of amides is 1. The van der Waals surface area contributed by atoms with Gasteiger partial charge in [-0.25, -0.2) is 0 Å². The number of rotatable bonds is 7. The van der Waals surface area contributed by atoms with Crippen LogP contribution in [-0.4, -0.2) is 59.4 Å². The fraction of sp³-hybridized carbons (Fsp3) is 0.682. The highest BCUT2D eigenvalue weighted by atomic mass is 16.6. The van der Waals surface area contributed by atoms with Crippen molar-refractivity contribution in [3.8, 4) is 0 Å². The third kappa shape index (κ3) is 5.14. The van der Waals surface area contributed by atoms with E-state index in [1.807, 2.05) is 12.1 Å². The number of nitrogens with one attached hydrogen (secondary N) is 1. The van der Waals surface area contributed by atoms with Gasteiger partial charge in [-0.1, -0.05) is 18.2 Å². The minimum absolute atomic E-state index is 0.197. The first-order valence-electron chi connectivity index (χ1n) is 11.1. The van der Waals surface area contributed by atoms with Crippen molar-refractivity contribution >= 4 is 11.6 Å². The average molecular weight is 401 g/mol. The Bertz CT molecular complexity index is 721. The molecule has 7 heteroatoms. The van der Waals surface area contributed by atoms with Gasteiger partial charge in [0.1, 0.15) is 0 Å². The van der Waals surface area contributed by atoms with E-state index in [1.54, 1.807) is 12.1 Å². The van der Waals surface area contributed by atoms with Crippen LogP contribution >= 0.6 is 0 Å². The van der Waals surface area contributed by atoms with Gasteiger partial charge in [0, 0.05) is 56.3 Å². The van der Waals surface area contributed by atoms with Crippen LogP contribution in [0.15, 0.2) is 24.3 Å². The quantitative estimate of drug-likeness (QED) is 0.562. The first kappa shape index (κ1) is 20.3. The number of carbonyl (C=O) groups excluding carboxylic acids is 1. The van der Waals surface area contributed by atoms with Crippen molar-refractivity contribution in [3.63, 3.8) is 0 Å². The molecule has 0 unspecified atom stereocenters. The van der Waals surface area contributed by atoms with Crippen molar-refractivity contribution in [2.75, 3.05) is 32.7 Å². The maximum Gasteiger partial charge on any atom is 0.273 e. The molecule has 1 aromatic carbocycles. The van der Waals surface area contributed by atoms with E-state index in [2.05, 4.69) is 15.1 Å². The second-order valence-corrected chi connectivity index (χ2v) is 8.83. The fourth-order valence-corrected chi connectivity index (χ4v) is 4.86. The van der Waals surface area contributed by atoms with Crippen molar-refractivity contribution in [2.24, 2.45) is 11.8 Å². The number of piperazine rings is 1. The molecule has 0 spiro atoms. The summed E-state index contributed by atoms with van der Waals surface area (Å²) in [6.45, 7) is 5.29. The molecule has 1 N–H and O–H groups in total. The number of nitrogens with zero attached hydrogens (tertiary/aromatic N) is 3. The molecule has 0 bridgehead atoms. The summed E-state index contributed by atoms with van der Waals surface area (Å²) in [4.78, 5) is 27.7. The number of hydrogen-bond donors (Lipinski definition) is 1. The Morgan fingerprint density at radius 3 is 2.38 bits per heavy atom. The maximum atomic E-state index is 12.2. The van der Waals surface area contributed by atoms with Crippen LogP contribution < -0.4 is 5.32 Å². The summed E-state index contributed by atoms with van der Waals surface area (Å²) >= 11 is 0. The zero-order chi connectivity index (χ0) is 20.2. The van der Waals surface area contributed by atoms with E-state index in [9.17, 15) is 14.9 Å². The Labute approximate surface area is 172 Å². The lowest BCUT2D eigenvalue weighted by Gasteiger charge is -2.42. The van der Waals surface area contributed by atoms with Crippen molar-refractivity contribution in [3.05, 3.63) is 39.9 Å². The molecule has 1 saturated heterocycles. The van der Waals surface area contributed by atoms with E-state index in [0.29, 0.717) is 30.3 Å². The summed E-state index contributed by atoms with van der Waals surface area (Å²) in [5.74, 6) is 1.37. The van der Waals surface area contributed by atoms with Gasteiger partial charge in [-0.2, -0.15) is 0 Å². The Balaban J connectivity index is 1.16. The predicted molar refractivity (Wildman–Crippen MR) is 111 cm³/mol. The van der Waals surface area contributed by atoms with E-state index in [0.717, 1.165) is 51.1 Å². The molecule has 2 saturated carbocycles. The van der Waals surface area contributed by atoms with Crippen LogP contribution in [0.3, 0.4) is 0 Å². The molecule has 1 amide bonds. The van der Waals surface area contributed by atoms with Crippen molar-refractivity contribution in [2.45, 2.75) is 51.1 Å². The third-order valence-electron chi connectivity index (χ3n) is 6.82. The second-order valence-electron chi connectivity index (χ2n) is 8.83. The molecule has 3 fully saturated rings. The summed E-state index contributed by atoms with van der Waals surface area (Å²) in [5.41, 5.74) is 0.952. The Morgan fingerprint density at radius 1 is 1.03 bits per heavy atom. The lowest BCUT2D eigenvalue weighted by Crippen LogP contribution is -2.53. The molecule has 1 aliphatic heterocycles. The Hall–Kier alpha value is -1.99. The third-order valence-corrected chi connectivity index (χ3v) is 6.82. The topological polar surface area (TPSA) is 78.7 Å². The highest BCUT2D eigenvalue weighted by molar-refractivity contribution is 5.81. The van der Waals surface area contributed by atoms with Gasteiger partial charge in [-0.15, -0.1) is 0 Å².